The van der Waals surface area contributed by atoms with Crippen LogP contribution in [-0.2, 0) is 0 Å². The quantitative estimate of drug-likeness (QED) is 0.683. The van der Waals surface area contributed by atoms with Gasteiger partial charge < -0.3 is 15.2 Å². The molecule has 0 radical (unpaired) electrons. The Labute approximate surface area is 123 Å². The Morgan fingerprint density at radius 2 is 2.00 bits per heavy atom. The molecule has 1 aromatic carbocycles. The molecule has 0 spiro atoms. The summed E-state index contributed by atoms with van der Waals surface area (Å²) in [7, 11) is 0. The highest BCUT2D eigenvalue weighted by atomic mass is 16.5. The molecule has 1 unspecified atom stereocenters. The van der Waals surface area contributed by atoms with E-state index in [4.69, 9.17) is 4.74 Å². The van der Waals surface area contributed by atoms with Crippen LogP contribution in [0.1, 0.15) is 37.8 Å². The molecule has 0 saturated carbocycles. The number of rotatable bonds is 9. The molecule has 3 heteroatoms. The second kappa shape index (κ2) is 8.98. The van der Waals surface area contributed by atoms with Gasteiger partial charge >= 0.3 is 0 Å². The zero-order valence-electron chi connectivity index (χ0n) is 13.3. The predicted octanol–water partition coefficient (Wildman–Crippen LogP) is 3.07. The van der Waals surface area contributed by atoms with E-state index in [1.54, 1.807) is 0 Å². The SMILES string of the molecule is Cc1ccc(C)c(OCC(O)CNCCCC(C)C)c1. The van der Waals surface area contributed by atoms with Crippen molar-refractivity contribution in [2.75, 3.05) is 19.7 Å². The average molecular weight is 279 g/mol. The largest absolute Gasteiger partial charge is 0.491 e. The molecular formula is C17H29NO2. The van der Waals surface area contributed by atoms with Crippen LogP contribution < -0.4 is 10.1 Å². The van der Waals surface area contributed by atoms with Crippen LogP contribution in [0.4, 0.5) is 0 Å². The topological polar surface area (TPSA) is 41.5 Å². The Bertz CT molecular complexity index is 391. The zero-order valence-corrected chi connectivity index (χ0v) is 13.3. The summed E-state index contributed by atoms with van der Waals surface area (Å²) >= 11 is 0. The number of benzene rings is 1. The van der Waals surface area contributed by atoms with Crippen molar-refractivity contribution in [1.29, 1.82) is 0 Å². The van der Waals surface area contributed by atoms with E-state index in [9.17, 15) is 5.11 Å². The van der Waals surface area contributed by atoms with Crippen LogP contribution in [0.25, 0.3) is 0 Å². The maximum absolute atomic E-state index is 9.89. The maximum atomic E-state index is 9.89. The molecule has 20 heavy (non-hydrogen) atoms. The van der Waals surface area contributed by atoms with Gasteiger partial charge in [0.1, 0.15) is 18.5 Å². The van der Waals surface area contributed by atoms with Gasteiger partial charge in [0.25, 0.3) is 0 Å². The number of aliphatic hydroxyl groups is 1. The van der Waals surface area contributed by atoms with Crippen molar-refractivity contribution in [3.05, 3.63) is 29.3 Å². The third-order valence-electron chi connectivity index (χ3n) is 3.29. The van der Waals surface area contributed by atoms with Gasteiger partial charge in [0.05, 0.1) is 0 Å². The van der Waals surface area contributed by atoms with Gasteiger partial charge in [0.15, 0.2) is 0 Å². The van der Waals surface area contributed by atoms with Crippen molar-refractivity contribution in [3.8, 4) is 5.75 Å². The van der Waals surface area contributed by atoms with E-state index in [-0.39, 0.29) is 0 Å². The molecule has 114 valence electrons. The van der Waals surface area contributed by atoms with Crippen molar-refractivity contribution < 1.29 is 9.84 Å². The maximum Gasteiger partial charge on any atom is 0.122 e. The van der Waals surface area contributed by atoms with E-state index in [1.807, 2.05) is 26.0 Å². The van der Waals surface area contributed by atoms with E-state index in [2.05, 4.69) is 25.2 Å². The highest BCUT2D eigenvalue weighted by Crippen LogP contribution is 2.19. The van der Waals surface area contributed by atoms with E-state index in [0.717, 1.165) is 30.2 Å². The molecule has 0 fully saturated rings. The third-order valence-corrected chi connectivity index (χ3v) is 3.29. The molecule has 0 saturated heterocycles. The summed E-state index contributed by atoms with van der Waals surface area (Å²) in [5.41, 5.74) is 2.28. The number of hydrogen-bond donors (Lipinski definition) is 2. The van der Waals surface area contributed by atoms with Crippen LogP contribution in [0.15, 0.2) is 18.2 Å². The van der Waals surface area contributed by atoms with Crippen LogP contribution >= 0.6 is 0 Å². The smallest absolute Gasteiger partial charge is 0.122 e. The van der Waals surface area contributed by atoms with Crippen molar-refractivity contribution >= 4 is 0 Å². The zero-order chi connectivity index (χ0) is 15.0. The number of aryl methyl sites for hydroxylation is 2. The van der Waals surface area contributed by atoms with Crippen LogP contribution in [0, 0.1) is 19.8 Å². The van der Waals surface area contributed by atoms with Crippen LogP contribution in [0.3, 0.4) is 0 Å². The lowest BCUT2D eigenvalue weighted by Crippen LogP contribution is -2.32. The summed E-state index contributed by atoms with van der Waals surface area (Å²) in [5, 5.41) is 13.2. The minimum absolute atomic E-state index is 0.335. The second-order valence-corrected chi connectivity index (χ2v) is 5.97. The Hall–Kier alpha value is -1.06. The normalized spacial score (nSPS) is 12.7. The number of aliphatic hydroxyl groups excluding tert-OH is 1. The molecular weight excluding hydrogens is 250 g/mol. The van der Waals surface area contributed by atoms with Gasteiger partial charge in [-0.05, 0) is 56.3 Å². The Morgan fingerprint density at radius 1 is 1.25 bits per heavy atom. The summed E-state index contributed by atoms with van der Waals surface area (Å²) < 4.78 is 5.68. The van der Waals surface area contributed by atoms with Crippen molar-refractivity contribution in [3.63, 3.8) is 0 Å². The van der Waals surface area contributed by atoms with E-state index in [1.165, 1.54) is 12.0 Å². The Morgan fingerprint density at radius 3 is 2.70 bits per heavy atom. The summed E-state index contributed by atoms with van der Waals surface area (Å²) in [5.74, 6) is 1.61. The summed E-state index contributed by atoms with van der Waals surface area (Å²) in [6, 6.07) is 6.12. The molecule has 2 N–H and O–H groups in total. The summed E-state index contributed by atoms with van der Waals surface area (Å²) in [4.78, 5) is 0. The van der Waals surface area contributed by atoms with E-state index < -0.39 is 6.10 Å². The molecule has 1 aromatic rings. The monoisotopic (exact) mass is 279 g/mol. The Balaban J connectivity index is 2.19. The minimum Gasteiger partial charge on any atom is -0.491 e. The molecule has 0 aliphatic heterocycles. The minimum atomic E-state index is -0.464. The van der Waals surface area contributed by atoms with Crippen LogP contribution in [0.2, 0.25) is 0 Å². The van der Waals surface area contributed by atoms with Crippen molar-refractivity contribution in [1.82, 2.24) is 5.32 Å². The van der Waals surface area contributed by atoms with Gasteiger partial charge in [0.2, 0.25) is 0 Å². The number of ether oxygens (including phenoxy) is 1. The molecule has 0 bridgehead atoms. The van der Waals surface area contributed by atoms with Crippen molar-refractivity contribution in [2.24, 2.45) is 5.92 Å². The van der Waals surface area contributed by atoms with Gasteiger partial charge in [0, 0.05) is 6.54 Å². The molecule has 0 aromatic heterocycles. The highest BCUT2D eigenvalue weighted by molar-refractivity contribution is 5.35. The van der Waals surface area contributed by atoms with E-state index in [0.29, 0.717) is 13.2 Å². The second-order valence-electron chi connectivity index (χ2n) is 5.97. The van der Waals surface area contributed by atoms with E-state index >= 15 is 0 Å². The van der Waals surface area contributed by atoms with Gasteiger partial charge in [-0.3, -0.25) is 0 Å². The van der Waals surface area contributed by atoms with Crippen LogP contribution in [-0.4, -0.2) is 30.9 Å². The molecule has 1 atom stereocenters. The first-order valence-corrected chi connectivity index (χ1v) is 7.58. The lowest BCUT2D eigenvalue weighted by atomic mass is 10.1. The fourth-order valence-corrected chi connectivity index (χ4v) is 2.01. The van der Waals surface area contributed by atoms with Gasteiger partial charge in [-0.1, -0.05) is 26.0 Å². The fourth-order valence-electron chi connectivity index (χ4n) is 2.01. The number of nitrogens with one attached hydrogen (secondary N) is 1. The lowest BCUT2D eigenvalue weighted by molar-refractivity contribution is 0.106. The molecule has 0 aliphatic carbocycles. The fraction of sp³-hybridized carbons (Fsp3) is 0.647. The molecule has 1 rings (SSSR count). The Kier molecular flexibility index (Phi) is 7.63. The molecule has 0 aliphatic rings. The average Bonchev–Trinajstić information content (AvgIpc) is 2.39. The lowest BCUT2D eigenvalue weighted by Gasteiger charge is -2.15. The first-order chi connectivity index (χ1) is 9.49. The number of hydrogen-bond acceptors (Lipinski definition) is 3. The van der Waals surface area contributed by atoms with Gasteiger partial charge in [-0.25, -0.2) is 0 Å². The van der Waals surface area contributed by atoms with Crippen molar-refractivity contribution in [2.45, 2.75) is 46.6 Å². The van der Waals surface area contributed by atoms with Crippen LogP contribution in [0.5, 0.6) is 5.75 Å². The predicted molar refractivity (Wildman–Crippen MR) is 84.4 cm³/mol. The standard InChI is InChI=1S/C17H29NO2/c1-13(2)6-5-9-18-11-16(19)12-20-17-10-14(3)7-8-15(17)4/h7-8,10,13,16,18-19H,5-6,9,11-12H2,1-4H3. The third kappa shape index (κ3) is 6.92. The van der Waals surface area contributed by atoms with Gasteiger partial charge in [-0.15, -0.1) is 0 Å². The first-order valence-electron chi connectivity index (χ1n) is 7.58. The molecule has 0 heterocycles. The molecule has 0 amide bonds. The summed E-state index contributed by atoms with van der Waals surface area (Å²) in [6.45, 7) is 10.4. The van der Waals surface area contributed by atoms with Gasteiger partial charge in [-0.2, -0.15) is 0 Å². The molecule has 3 nitrogen and oxygen atoms in total. The summed E-state index contributed by atoms with van der Waals surface area (Å²) in [6.07, 6.45) is 1.92. The highest BCUT2D eigenvalue weighted by Gasteiger charge is 2.06. The first kappa shape index (κ1) is 17.0.